The van der Waals surface area contributed by atoms with Crippen molar-refractivity contribution in [3.63, 3.8) is 0 Å². The van der Waals surface area contributed by atoms with Crippen LogP contribution in [0.1, 0.15) is 31.9 Å². The maximum absolute atomic E-state index is 12.8. The van der Waals surface area contributed by atoms with Crippen LogP contribution in [-0.2, 0) is 26.5 Å². The minimum atomic E-state index is -3.80. The van der Waals surface area contributed by atoms with Gasteiger partial charge in [0, 0.05) is 13.1 Å². The van der Waals surface area contributed by atoms with Crippen LogP contribution in [0.15, 0.2) is 52.3 Å². The topological polar surface area (TPSA) is 83.5 Å². The van der Waals surface area contributed by atoms with Crippen molar-refractivity contribution in [3.8, 4) is 0 Å². The Hall–Kier alpha value is -1.90. The van der Waals surface area contributed by atoms with E-state index in [-0.39, 0.29) is 15.5 Å². The number of aryl methyl sites for hydroxylation is 2. The summed E-state index contributed by atoms with van der Waals surface area (Å²) in [5, 5.41) is 0. The largest absolute Gasteiger partial charge is 0.280 e. The molecule has 0 aliphatic carbocycles. The van der Waals surface area contributed by atoms with Crippen molar-refractivity contribution in [2.24, 2.45) is 0 Å². The third-order valence-electron chi connectivity index (χ3n) is 4.41. The number of hydrogen-bond donors (Lipinski definition) is 1. The van der Waals surface area contributed by atoms with E-state index in [0.29, 0.717) is 18.7 Å². The van der Waals surface area contributed by atoms with Crippen molar-refractivity contribution >= 4 is 25.7 Å². The van der Waals surface area contributed by atoms with Gasteiger partial charge in [-0.2, -0.15) is 4.31 Å². The summed E-state index contributed by atoms with van der Waals surface area (Å²) in [4.78, 5) is 0.237. The van der Waals surface area contributed by atoms with Gasteiger partial charge in [-0.15, -0.1) is 0 Å². The molecule has 0 atom stereocenters. The Bertz CT molecular complexity index is 995. The minimum absolute atomic E-state index is 0.104. The molecule has 148 valence electrons. The van der Waals surface area contributed by atoms with Crippen LogP contribution in [0.25, 0.3) is 0 Å². The van der Waals surface area contributed by atoms with Crippen molar-refractivity contribution in [2.45, 2.75) is 43.9 Å². The summed E-state index contributed by atoms with van der Waals surface area (Å²) >= 11 is 0. The fourth-order valence-corrected chi connectivity index (χ4v) is 5.52. The number of hydrogen-bond acceptors (Lipinski definition) is 4. The second kappa shape index (κ2) is 8.41. The smallest absolute Gasteiger partial charge is 0.261 e. The lowest BCUT2D eigenvalue weighted by atomic mass is 10.2. The summed E-state index contributed by atoms with van der Waals surface area (Å²) in [6.45, 7) is 7.91. The van der Waals surface area contributed by atoms with Crippen molar-refractivity contribution in [3.05, 3.63) is 53.6 Å². The predicted octanol–water partition coefficient (Wildman–Crippen LogP) is 3.39. The molecule has 0 heterocycles. The van der Waals surface area contributed by atoms with Gasteiger partial charge in [0.25, 0.3) is 10.0 Å². The molecule has 2 rings (SSSR count). The first-order valence-electron chi connectivity index (χ1n) is 8.88. The number of nitrogens with one attached hydrogen (secondary N) is 1. The molecule has 0 aliphatic rings. The molecule has 0 aromatic heterocycles. The van der Waals surface area contributed by atoms with Crippen LogP contribution in [0.5, 0.6) is 0 Å². The Labute approximate surface area is 162 Å². The second-order valence-corrected chi connectivity index (χ2v) is 9.76. The molecule has 2 aromatic rings. The lowest BCUT2D eigenvalue weighted by Gasteiger charge is -2.20. The van der Waals surface area contributed by atoms with E-state index in [9.17, 15) is 16.8 Å². The Morgan fingerprint density at radius 3 is 2.00 bits per heavy atom. The highest BCUT2D eigenvalue weighted by Crippen LogP contribution is 2.25. The molecular formula is C19H26N2O4S2. The highest BCUT2D eigenvalue weighted by molar-refractivity contribution is 7.92. The van der Waals surface area contributed by atoms with Gasteiger partial charge < -0.3 is 0 Å². The van der Waals surface area contributed by atoms with Gasteiger partial charge >= 0.3 is 0 Å². The summed E-state index contributed by atoms with van der Waals surface area (Å²) < 4.78 is 54.7. The van der Waals surface area contributed by atoms with Crippen LogP contribution in [0.4, 0.5) is 5.69 Å². The molecule has 2 aromatic carbocycles. The van der Waals surface area contributed by atoms with Crippen LogP contribution in [0.2, 0.25) is 0 Å². The Kier molecular flexibility index (Phi) is 6.67. The molecule has 0 bridgehead atoms. The number of nitrogens with zero attached hydrogens (tertiary/aromatic N) is 1. The molecule has 0 amide bonds. The van der Waals surface area contributed by atoms with E-state index >= 15 is 0 Å². The summed E-state index contributed by atoms with van der Waals surface area (Å²) in [6.07, 6.45) is 0.818. The number of anilines is 1. The van der Waals surface area contributed by atoms with Gasteiger partial charge in [-0.1, -0.05) is 39.0 Å². The summed E-state index contributed by atoms with van der Waals surface area (Å²) in [5.41, 5.74) is 1.82. The van der Waals surface area contributed by atoms with E-state index < -0.39 is 20.0 Å². The number of sulfonamides is 2. The second-order valence-electron chi connectivity index (χ2n) is 6.17. The van der Waals surface area contributed by atoms with E-state index in [1.807, 2.05) is 6.92 Å². The first kappa shape index (κ1) is 21.4. The van der Waals surface area contributed by atoms with Gasteiger partial charge in [-0.05, 0) is 48.7 Å². The van der Waals surface area contributed by atoms with E-state index in [1.54, 1.807) is 57.2 Å². The normalized spacial score (nSPS) is 12.3. The third kappa shape index (κ3) is 4.69. The third-order valence-corrected chi connectivity index (χ3v) is 7.99. The van der Waals surface area contributed by atoms with Crippen molar-refractivity contribution in [1.82, 2.24) is 4.31 Å². The fraction of sp³-hybridized carbons (Fsp3) is 0.368. The zero-order valence-corrected chi connectivity index (χ0v) is 17.7. The molecule has 1 N–H and O–H groups in total. The van der Waals surface area contributed by atoms with Crippen molar-refractivity contribution in [2.75, 3.05) is 17.8 Å². The zero-order chi connectivity index (χ0) is 20.2. The summed E-state index contributed by atoms with van der Waals surface area (Å²) in [7, 11) is -7.49. The van der Waals surface area contributed by atoms with Crippen LogP contribution in [0, 0.1) is 6.92 Å². The molecule has 0 saturated heterocycles. The van der Waals surface area contributed by atoms with Gasteiger partial charge in [0.15, 0.2) is 0 Å². The molecule has 27 heavy (non-hydrogen) atoms. The number of rotatable bonds is 8. The molecular weight excluding hydrogens is 384 g/mol. The molecule has 0 radical (unpaired) electrons. The van der Waals surface area contributed by atoms with Crippen LogP contribution < -0.4 is 4.72 Å². The van der Waals surface area contributed by atoms with E-state index in [4.69, 9.17) is 0 Å². The first-order chi connectivity index (χ1) is 12.7. The van der Waals surface area contributed by atoms with Crippen molar-refractivity contribution < 1.29 is 16.8 Å². The predicted molar refractivity (Wildman–Crippen MR) is 108 cm³/mol. The zero-order valence-electron chi connectivity index (χ0n) is 16.1. The molecule has 0 saturated carbocycles. The number of benzene rings is 2. The van der Waals surface area contributed by atoms with Gasteiger partial charge in [0.05, 0.1) is 15.5 Å². The quantitative estimate of drug-likeness (QED) is 0.723. The molecule has 0 fully saturated rings. The van der Waals surface area contributed by atoms with Gasteiger partial charge in [-0.25, -0.2) is 16.8 Å². The van der Waals surface area contributed by atoms with E-state index in [1.165, 1.54) is 10.4 Å². The van der Waals surface area contributed by atoms with Crippen molar-refractivity contribution in [1.29, 1.82) is 0 Å². The van der Waals surface area contributed by atoms with Crippen LogP contribution in [-0.4, -0.2) is 34.2 Å². The SMILES string of the molecule is CCc1ccc(S(=O)(=O)Nc2ccc(C)c(S(=O)(=O)N(CC)CC)c2)cc1. The lowest BCUT2D eigenvalue weighted by Crippen LogP contribution is -2.31. The Morgan fingerprint density at radius 2 is 1.48 bits per heavy atom. The molecule has 0 aliphatic heterocycles. The standard InChI is InChI=1S/C19H26N2O4S2/c1-5-16-9-12-18(13-10-16)26(22,23)20-17-11-8-15(4)19(14-17)27(24,25)21(6-2)7-3/h8-14,20H,5-7H2,1-4H3. The maximum Gasteiger partial charge on any atom is 0.261 e. The highest BCUT2D eigenvalue weighted by Gasteiger charge is 2.24. The monoisotopic (exact) mass is 410 g/mol. The fourth-order valence-electron chi connectivity index (χ4n) is 2.76. The first-order valence-corrected chi connectivity index (χ1v) is 11.8. The molecule has 0 unspecified atom stereocenters. The van der Waals surface area contributed by atoms with Crippen LogP contribution >= 0.6 is 0 Å². The minimum Gasteiger partial charge on any atom is -0.280 e. The highest BCUT2D eigenvalue weighted by atomic mass is 32.2. The van der Waals surface area contributed by atoms with Gasteiger partial charge in [0.2, 0.25) is 10.0 Å². The summed E-state index contributed by atoms with van der Waals surface area (Å²) in [6, 6.07) is 11.2. The van der Waals surface area contributed by atoms with E-state index in [2.05, 4.69) is 4.72 Å². The average molecular weight is 411 g/mol. The van der Waals surface area contributed by atoms with Gasteiger partial charge in [0.1, 0.15) is 0 Å². The van der Waals surface area contributed by atoms with Crippen LogP contribution in [0.3, 0.4) is 0 Å². The Morgan fingerprint density at radius 1 is 0.889 bits per heavy atom. The molecule has 6 nitrogen and oxygen atoms in total. The lowest BCUT2D eigenvalue weighted by molar-refractivity contribution is 0.445. The summed E-state index contributed by atoms with van der Waals surface area (Å²) in [5.74, 6) is 0. The maximum atomic E-state index is 12.8. The Balaban J connectivity index is 2.40. The molecule has 8 heteroatoms. The van der Waals surface area contributed by atoms with Gasteiger partial charge in [-0.3, -0.25) is 4.72 Å². The average Bonchev–Trinajstić information content (AvgIpc) is 2.63. The van der Waals surface area contributed by atoms with E-state index in [0.717, 1.165) is 12.0 Å². The molecule has 0 spiro atoms.